The molecule has 168 valence electrons. The number of aliphatic hydroxyl groups is 1. The van der Waals surface area contributed by atoms with Gasteiger partial charge in [0.25, 0.3) is 0 Å². The van der Waals surface area contributed by atoms with Gasteiger partial charge < -0.3 is 19.9 Å². The van der Waals surface area contributed by atoms with Crippen LogP contribution in [0.4, 0.5) is 11.8 Å². The van der Waals surface area contributed by atoms with Crippen LogP contribution < -0.4 is 5.32 Å². The highest BCUT2D eigenvalue weighted by molar-refractivity contribution is 6.06. The van der Waals surface area contributed by atoms with E-state index in [-0.39, 0.29) is 5.91 Å². The molecule has 0 spiro atoms. The number of carbonyl (C=O) groups is 1. The van der Waals surface area contributed by atoms with Crippen molar-refractivity contribution in [3.63, 3.8) is 0 Å². The summed E-state index contributed by atoms with van der Waals surface area (Å²) in [6, 6.07) is 6.33. The van der Waals surface area contributed by atoms with Crippen LogP contribution in [0, 0.1) is 0 Å². The number of rotatable bonds is 4. The van der Waals surface area contributed by atoms with Gasteiger partial charge in [0.2, 0.25) is 11.9 Å². The van der Waals surface area contributed by atoms with Crippen LogP contribution in [0.25, 0.3) is 21.9 Å². The number of aliphatic hydroxyl groups excluding tert-OH is 1. The summed E-state index contributed by atoms with van der Waals surface area (Å²) < 4.78 is 2.34. The number of fused-ring (bicyclic) bond motifs is 4. The van der Waals surface area contributed by atoms with Crippen molar-refractivity contribution in [3.05, 3.63) is 48.0 Å². The molecule has 0 radical (unpaired) electrons. The predicted octanol–water partition coefficient (Wildman–Crippen LogP) is 3.11. The summed E-state index contributed by atoms with van der Waals surface area (Å²) in [5.41, 5.74) is 3.99. The fraction of sp³-hybridized carbons (Fsp3) is 0.375. The van der Waals surface area contributed by atoms with Crippen molar-refractivity contribution in [2.24, 2.45) is 0 Å². The Hall–Kier alpha value is -3.59. The van der Waals surface area contributed by atoms with E-state index in [1.54, 1.807) is 4.90 Å². The van der Waals surface area contributed by atoms with Crippen molar-refractivity contribution < 1.29 is 9.90 Å². The smallest absolute Gasteiger partial charge is 0.248 e. The van der Waals surface area contributed by atoms with Gasteiger partial charge in [0, 0.05) is 54.4 Å². The SMILES string of the molecule is O=C(CO)N1CCc2nc(Nc3ncc4c5ccncc5n(C5CCCC5)c4n3)ccc2C1. The molecule has 1 aliphatic carbocycles. The van der Waals surface area contributed by atoms with Gasteiger partial charge >= 0.3 is 0 Å². The zero-order valence-corrected chi connectivity index (χ0v) is 18.2. The molecule has 5 heterocycles. The average molecular weight is 444 g/mol. The van der Waals surface area contributed by atoms with Gasteiger partial charge in [0.15, 0.2) is 0 Å². The summed E-state index contributed by atoms with van der Waals surface area (Å²) in [7, 11) is 0. The Morgan fingerprint density at radius 3 is 2.85 bits per heavy atom. The summed E-state index contributed by atoms with van der Waals surface area (Å²) in [4.78, 5) is 32.0. The summed E-state index contributed by atoms with van der Waals surface area (Å²) in [6.45, 7) is 0.566. The van der Waals surface area contributed by atoms with Crippen LogP contribution in [-0.2, 0) is 17.8 Å². The Balaban J connectivity index is 1.33. The number of pyridine rings is 2. The lowest BCUT2D eigenvalue weighted by Crippen LogP contribution is -2.37. The third-order valence-corrected chi connectivity index (χ3v) is 6.81. The van der Waals surface area contributed by atoms with Gasteiger partial charge in [-0.15, -0.1) is 0 Å². The largest absolute Gasteiger partial charge is 0.387 e. The number of amides is 1. The zero-order valence-electron chi connectivity index (χ0n) is 18.2. The molecule has 4 aromatic rings. The number of carbonyl (C=O) groups excluding carboxylic acids is 1. The molecule has 33 heavy (non-hydrogen) atoms. The van der Waals surface area contributed by atoms with E-state index < -0.39 is 6.61 Å². The van der Waals surface area contributed by atoms with Crippen LogP contribution in [0.2, 0.25) is 0 Å². The molecule has 1 fully saturated rings. The van der Waals surface area contributed by atoms with Crippen molar-refractivity contribution in [2.75, 3.05) is 18.5 Å². The monoisotopic (exact) mass is 443 g/mol. The highest BCUT2D eigenvalue weighted by Crippen LogP contribution is 2.37. The lowest BCUT2D eigenvalue weighted by atomic mass is 10.1. The Morgan fingerprint density at radius 2 is 2.00 bits per heavy atom. The van der Waals surface area contributed by atoms with Crippen LogP contribution in [-0.4, -0.2) is 53.6 Å². The first-order chi connectivity index (χ1) is 16.2. The molecule has 0 bridgehead atoms. The maximum Gasteiger partial charge on any atom is 0.248 e. The fourth-order valence-corrected chi connectivity index (χ4v) is 5.17. The minimum absolute atomic E-state index is 0.252. The molecular weight excluding hydrogens is 418 g/mol. The number of nitrogens with zero attached hydrogens (tertiary/aromatic N) is 6. The normalized spacial score (nSPS) is 16.5. The predicted molar refractivity (Wildman–Crippen MR) is 124 cm³/mol. The van der Waals surface area contributed by atoms with Crippen molar-refractivity contribution in [2.45, 2.75) is 44.7 Å². The van der Waals surface area contributed by atoms with Crippen molar-refractivity contribution >= 4 is 39.6 Å². The van der Waals surface area contributed by atoms with E-state index in [9.17, 15) is 4.79 Å². The first-order valence-electron chi connectivity index (χ1n) is 11.5. The second-order valence-electron chi connectivity index (χ2n) is 8.78. The van der Waals surface area contributed by atoms with Gasteiger partial charge in [-0.1, -0.05) is 18.9 Å². The van der Waals surface area contributed by atoms with Crippen LogP contribution >= 0.6 is 0 Å². The van der Waals surface area contributed by atoms with E-state index >= 15 is 0 Å². The molecule has 6 rings (SSSR count). The number of hydrogen-bond donors (Lipinski definition) is 2. The van der Waals surface area contributed by atoms with Crippen molar-refractivity contribution in [3.8, 4) is 0 Å². The second kappa shape index (κ2) is 8.08. The maximum atomic E-state index is 11.8. The molecule has 2 N–H and O–H groups in total. The maximum absolute atomic E-state index is 11.8. The van der Waals surface area contributed by atoms with Crippen molar-refractivity contribution in [1.29, 1.82) is 0 Å². The Bertz CT molecular complexity index is 1360. The summed E-state index contributed by atoms with van der Waals surface area (Å²) in [5, 5.41) is 14.6. The molecule has 0 saturated heterocycles. The molecule has 1 amide bonds. The third-order valence-electron chi connectivity index (χ3n) is 6.81. The summed E-state index contributed by atoms with van der Waals surface area (Å²) >= 11 is 0. The molecule has 1 saturated carbocycles. The first-order valence-corrected chi connectivity index (χ1v) is 11.5. The number of hydrogen-bond acceptors (Lipinski definition) is 7. The zero-order chi connectivity index (χ0) is 22.4. The molecule has 1 aliphatic heterocycles. The van der Waals surface area contributed by atoms with Crippen LogP contribution in [0.15, 0.2) is 36.8 Å². The molecular formula is C24H25N7O2. The van der Waals surface area contributed by atoms with E-state index in [0.717, 1.165) is 46.0 Å². The Morgan fingerprint density at radius 1 is 1.12 bits per heavy atom. The van der Waals surface area contributed by atoms with E-state index in [1.807, 2.05) is 36.8 Å². The van der Waals surface area contributed by atoms with Gasteiger partial charge in [-0.2, -0.15) is 4.98 Å². The van der Waals surface area contributed by atoms with Crippen LogP contribution in [0.5, 0.6) is 0 Å². The highest BCUT2D eigenvalue weighted by atomic mass is 16.3. The lowest BCUT2D eigenvalue weighted by Gasteiger charge is -2.28. The molecule has 2 aliphatic rings. The standard InChI is InChI=1S/C24H25N7O2/c32-14-22(33)30-10-8-19-15(13-30)5-6-21(27-19)28-24-26-11-18-17-7-9-25-12-20(17)31(23(18)29-24)16-3-1-2-4-16/h5-7,9,11-12,16,32H,1-4,8,10,13-14H2,(H,26,27,28,29). The van der Waals surface area contributed by atoms with Crippen LogP contribution in [0.3, 0.4) is 0 Å². The summed E-state index contributed by atoms with van der Waals surface area (Å²) in [6.07, 6.45) is 11.1. The molecule has 0 aromatic carbocycles. The van der Waals surface area contributed by atoms with Gasteiger partial charge in [-0.3, -0.25) is 9.78 Å². The van der Waals surface area contributed by atoms with Gasteiger partial charge in [0.05, 0.1) is 11.7 Å². The minimum atomic E-state index is -0.462. The van der Waals surface area contributed by atoms with Crippen LogP contribution in [0.1, 0.15) is 43.0 Å². The van der Waals surface area contributed by atoms with E-state index in [2.05, 4.69) is 19.9 Å². The number of aromatic nitrogens is 5. The molecule has 9 heteroatoms. The molecule has 0 atom stereocenters. The number of nitrogens with one attached hydrogen (secondary N) is 1. The highest BCUT2D eigenvalue weighted by Gasteiger charge is 2.24. The Labute approximate surface area is 190 Å². The molecule has 0 unspecified atom stereocenters. The number of anilines is 2. The Kier molecular flexibility index (Phi) is 4.91. The fourth-order valence-electron chi connectivity index (χ4n) is 5.17. The minimum Gasteiger partial charge on any atom is -0.387 e. The summed E-state index contributed by atoms with van der Waals surface area (Å²) in [5.74, 6) is 0.940. The quantitative estimate of drug-likeness (QED) is 0.499. The third kappa shape index (κ3) is 3.48. The molecule has 9 nitrogen and oxygen atoms in total. The van der Waals surface area contributed by atoms with Crippen molar-refractivity contribution in [1.82, 2.24) is 29.4 Å². The van der Waals surface area contributed by atoms with E-state index in [1.165, 1.54) is 12.8 Å². The lowest BCUT2D eigenvalue weighted by molar-refractivity contribution is -0.135. The topological polar surface area (TPSA) is 109 Å². The molecule has 4 aromatic heterocycles. The first kappa shape index (κ1) is 20.0. The average Bonchev–Trinajstić information content (AvgIpc) is 3.49. The van der Waals surface area contributed by atoms with Gasteiger partial charge in [-0.25, -0.2) is 9.97 Å². The van der Waals surface area contributed by atoms with Gasteiger partial charge in [-0.05, 0) is 30.5 Å². The second-order valence-corrected chi connectivity index (χ2v) is 8.78. The van der Waals surface area contributed by atoms with E-state index in [0.29, 0.717) is 37.3 Å². The van der Waals surface area contributed by atoms with Gasteiger partial charge in [0.1, 0.15) is 18.1 Å². The van der Waals surface area contributed by atoms with E-state index in [4.69, 9.17) is 15.1 Å².